The first-order chi connectivity index (χ1) is 9.33. The molecule has 2 heterocycles. The van der Waals surface area contributed by atoms with Gasteiger partial charge in [0.1, 0.15) is 0 Å². The minimum Gasteiger partial charge on any atom is -0.375 e. The highest BCUT2D eigenvalue weighted by Crippen LogP contribution is 2.44. The van der Waals surface area contributed by atoms with Crippen LogP contribution < -0.4 is 11.3 Å². The van der Waals surface area contributed by atoms with Crippen molar-refractivity contribution in [2.75, 3.05) is 6.61 Å². The summed E-state index contributed by atoms with van der Waals surface area (Å²) >= 11 is 1.80. The van der Waals surface area contributed by atoms with E-state index in [-0.39, 0.29) is 5.60 Å². The molecular weight excluding hydrogens is 256 g/mol. The minimum atomic E-state index is 0.160. The molecule has 19 heavy (non-hydrogen) atoms. The van der Waals surface area contributed by atoms with E-state index in [1.54, 1.807) is 11.3 Å². The second kappa shape index (κ2) is 5.92. The molecule has 3 N–H and O–H groups in total. The van der Waals surface area contributed by atoms with Gasteiger partial charge in [-0.3, -0.25) is 11.3 Å². The van der Waals surface area contributed by atoms with Crippen molar-refractivity contribution in [3.63, 3.8) is 0 Å². The molecule has 0 aromatic carbocycles. The highest BCUT2D eigenvalue weighted by atomic mass is 32.1. The SMILES string of the molecule is NNC(c1cccs1)C1CCOC2(CCCCC2)C1. The van der Waals surface area contributed by atoms with Gasteiger partial charge in [0.15, 0.2) is 0 Å². The van der Waals surface area contributed by atoms with Gasteiger partial charge in [0.05, 0.1) is 11.6 Å². The van der Waals surface area contributed by atoms with Gasteiger partial charge in [-0.2, -0.15) is 0 Å². The number of thiophene rings is 1. The van der Waals surface area contributed by atoms with E-state index < -0.39 is 0 Å². The molecule has 1 saturated carbocycles. The van der Waals surface area contributed by atoms with Gasteiger partial charge >= 0.3 is 0 Å². The van der Waals surface area contributed by atoms with Crippen LogP contribution in [-0.2, 0) is 4.74 Å². The van der Waals surface area contributed by atoms with Crippen molar-refractivity contribution in [1.29, 1.82) is 0 Å². The molecule has 3 rings (SSSR count). The lowest BCUT2D eigenvalue weighted by atomic mass is 9.74. The fourth-order valence-electron chi connectivity index (χ4n) is 3.81. The van der Waals surface area contributed by atoms with Crippen LogP contribution in [0.15, 0.2) is 17.5 Å². The summed E-state index contributed by atoms with van der Waals surface area (Å²) in [6, 6.07) is 4.60. The molecule has 1 aliphatic carbocycles. The van der Waals surface area contributed by atoms with Gasteiger partial charge in [-0.15, -0.1) is 11.3 Å². The molecule has 0 bridgehead atoms. The summed E-state index contributed by atoms with van der Waals surface area (Å²) in [6.07, 6.45) is 8.79. The number of ether oxygens (including phenoxy) is 1. The third-order valence-corrected chi connectivity index (χ3v) is 5.75. The summed E-state index contributed by atoms with van der Waals surface area (Å²) in [6.45, 7) is 0.897. The van der Waals surface area contributed by atoms with E-state index >= 15 is 0 Å². The number of nitrogens with two attached hydrogens (primary N) is 1. The van der Waals surface area contributed by atoms with Gasteiger partial charge in [0.25, 0.3) is 0 Å². The summed E-state index contributed by atoms with van der Waals surface area (Å²) in [5, 5.41) is 2.13. The van der Waals surface area contributed by atoms with Crippen molar-refractivity contribution in [2.24, 2.45) is 11.8 Å². The largest absolute Gasteiger partial charge is 0.375 e. The number of rotatable bonds is 3. The monoisotopic (exact) mass is 280 g/mol. The lowest BCUT2D eigenvalue weighted by molar-refractivity contribution is -0.122. The summed E-state index contributed by atoms with van der Waals surface area (Å²) in [5.41, 5.74) is 3.21. The Balaban J connectivity index is 1.73. The van der Waals surface area contributed by atoms with Gasteiger partial charge < -0.3 is 4.74 Å². The van der Waals surface area contributed by atoms with E-state index in [1.807, 2.05) is 0 Å². The molecule has 1 spiro atoms. The normalized spacial score (nSPS) is 28.4. The zero-order valence-corrected chi connectivity index (χ0v) is 12.3. The molecule has 4 heteroatoms. The second-order valence-electron chi connectivity index (χ2n) is 6.00. The average Bonchev–Trinajstić information content (AvgIpc) is 2.95. The van der Waals surface area contributed by atoms with Crippen molar-refractivity contribution in [1.82, 2.24) is 5.43 Å². The maximum atomic E-state index is 6.18. The highest BCUT2D eigenvalue weighted by Gasteiger charge is 2.41. The smallest absolute Gasteiger partial charge is 0.0686 e. The number of hydrogen-bond donors (Lipinski definition) is 2. The van der Waals surface area contributed by atoms with Crippen LogP contribution in [0.3, 0.4) is 0 Å². The van der Waals surface area contributed by atoms with Crippen LogP contribution in [0.2, 0.25) is 0 Å². The molecule has 2 atom stereocenters. The molecule has 1 aromatic rings. The quantitative estimate of drug-likeness (QED) is 0.659. The zero-order chi connectivity index (χ0) is 13.1. The van der Waals surface area contributed by atoms with Crippen LogP contribution in [0, 0.1) is 5.92 Å². The van der Waals surface area contributed by atoms with Crippen LogP contribution in [0.25, 0.3) is 0 Å². The highest BCUT2D eigenvalue weighted by molar-refractivity contribution is 7.10. The topological polar surface area (TPSA) is 47.3 Å². The van der Waals surface area contributed by atoms with Gasteiger partial charge in [0, 0.05) is 11.5 Å². The Morgan fingerprint density at radius 2 is 2.21 bits per heavy atom. The third kappa shape index (κ3) is 2.87. The molecule has 3 nitrogen and oxygen atoms in total. The summed E-state index contributed by atoms with van der Waals surface area (Å²) < 4.78 is 6.18. The Morgan fingerprint density at radius 3 is 2.89 bits per heavy atom. The Labute approximate surface area is 119 Å². The minimum absolute atomic E-state index is 0.160. The Kier molecular flexibility index (Phi) is 4.22. The molecule has 106 valence electrons. The first-order valence-corrected chi connectivity index (χ1v) is 8.34. The maximum Gasteiger partial charge on any atom is 0.0686 e. The van der Waals surface area contributed by atoms with Crippen LogP contribution >= 0.6 is 11.3 Å². The predicted octanol–water partition coefficient (Wildman–Crippen LogP) is 3.38. The molecular formula is C15H24N2OS. The Hall–Kier alpha value is -0.420. The number of hydrazine groups is 1. The lowest BCUT2D eigenvalue weighted by Crippen LogP contribution is -2.45. The molecule has 2 unspecified atom stereocenters. The van der Waals surface area contributed by atoms with E-state index in [9.17, 15) is 0 Å². The molecule has 2 aliphatic rings. The van der Waals surface area contributed by atoms with Crippen LogP contribution in [-0.4, -0.2) is 12.2 Å². The number of hydrogen-bond acceptors (Lipinski definition) is 4. The van der Waals surface area contributed by atoms with E-state index in [2.05, 4.69) is 22.9 Å². The predicted molar refractivity (Wildman–Crippen MR) is 78.9 cm³/mol. The van der Waals surface area contributed by atoms with E-state index in [0.29, 0.717) is 12.0 Å². The van der Waals surface area contributed by atoms with Gasteiger partial charge in [-0.25, -0.2) is 0 Å². The van der Waals surface area contributed by atoms with Crippen molar-refractivity contribution >= 4 is 11.3 Å². The Bertz CT molecular complexity index is 381. The average molecular weight is 280 g/mol. The van der Waals surface area contributed by atoms with E-state index in [1.165, 1.54) is 43.4 Å². The van der Waals surface area contributed by atoms with Crippen molar-refractivity contribution in [3.8, 4) is 0 Å². The standard InChI is InChI=1S/C15H24N2OS/c16-17-14(13-5-4-10-19-13)12-6-9-18-15(11-12)7-2-1-3-8-15/h4-5,10,12,14,17H,1-3,6-9,11,16H2. The molecule has 1 aromatic heterocycles. The molecule has 1 aliphatic heterocycles. The Morgan fingerprint density at radius 1 is 1.37 bits per heavy atom. The fraction of sp³-hybridized carbons (Fsp3) is 0.733. The first-order valence-electron chi connectivity index (χ1n) is 7.46. The summed E-state index contributed by atoms with van der Waals surface area (Å²) in [5.74, 6) is 6.44. The third-order valence-electron chi connectivity index (χ3n) is 4.80. The van der Waals surface area contributed by atoms with E-state index in [4.69, 9.17) is 10.6 Å². The van der Waals surface area contributed by atoms with Gasteiger partial charge in [-0.1, -0.05) is 25.3 Å². The van der Waals surface area contributed by atoms with Crippen LogP contribution in [0.1, 0.15) is 55.9 Å². The summed E-state index contributed by atoms with van der Waals surface area (Å²) in [4.78, 5) is 1.36. The first kappa shape index (κ1) is 13.6. The van der Waals surface area contributed by atoms with Crippen molar-refractivity contribution in [2.45, 2.75) is 56.6 Å². The maximum absolute atomic E-state index is 6.18. The number of nitrogens with one attached hydrogen (secondary N) is 1. The van der Waals surface area contributed by atoms with Crippen LogP contribution in [0.5, 0.6) is 0 Å². The molecule has 0 radical (unpaired) electrons. The zero-order valence-electron chi connectivity index (χ0n) is 11.4. The lowest BCUT2D eigenvalue weighted by Gasteiger charge is -2.45. The van der Waals surface area contributed by atoms with Crippen LogP contribution in [0.4, 0.5) is 0 Å². The van der Waals surface area contributed by atoms with Crippen molar-refractivity contribution in [3.05, 3.63) is 22.4 Å². The summed E-state index contributed by atoms with van der Waals surface area (Å²) in [7, 11) is 0. The second-order valence-corrected chi connectivity index (χ2v) is 6.98. The molecule has 1 saturated heterocycles. The molecule has 2 fully saturated rings. The van der Waals surface area contributed by atoms with Gasteiger partial charge in [0.2, 0.25) is 0 Å². The van der Waals surface area contributed by atoms with Crippen molar-refractivity contribution < 1.29 is 4.74 Å². The fourth-order valence-corrected chi connectivity index (χ4v) is 4.69. The molecule has 0 amide bonds. The van der Waals surface area contributed by atoms with E-state index in [0.717, 1.165) is 13.0 Å². The van der Waals surface area contributed by atoms with Gasteiger partial charge in [-0.05, 0) is 43.0 Å².